The van der Waals surface area contributed by atoms with E-state index in [1.165, 1.54) is 11.1 Å². The maximum atomic E-state index is 10.0. The van der Waals surface area contributed by atoms with Crippen LogP contribution in [0.25, 0.3) is 49.9 Å². The zero-order chi connectivity index (χ0) is 58.4. The summed E-state index contributed by atoms with van der Waals surface area (Å²) in [5, 5.41) is 0.938. The van der Waals surface area contributed by atoms with Crippen LogP contribution >= 0.6 is 0 Å². The van der Waals surface area contributed by atoms with Crippen LogP contribution in [0.2, 0.25) is 0 Å². The number of anilines is 4. The smallest absolute Gasteiger partial charge is 0.135 e. The molecular weight excluding hydrogens is 1080 g/mol. The summed E-state index contributed by atoms with van der Waals surface area (Å²) in [4.78, 5) is 8.95. The van der Waals surface area contributed by atoms with Crippen LogP contribution in [0.5, 0.6) is 11.5 Å². The number of ether oxygens (including phenoxy) is 1. The van der Waals surface area contributed by atoms with Crippen LogP contribution < -0.4 is 14.5 Å². The van der Waals surface area contributed by atoms with Crippen LogP contribution in [0.3, 0.4) is 0 Å². The summed E-state index contributed by atoms with van der Waals surface area (Å²) in [5.41, 5.74) is 10.3. The molecule has 5 nitrogen and oxygen atoms in total. The van der Waals surface area contributed by atoms with Gasteiger partial charge in [-0.3, -0.25) is 0 Å². The third kappa shape index (κ3) is 9.18. The van der Waals surface area contributed by atoms with Gasteiger partial charge in [0.2, 0.25) is 0 Å². The number of para-hydroxylation sites is 3. The van der Waals surface area contributed by atoms with Gasteiger partial charge in [-0.25, -0.2) is 4.98 Å². The molecule has 2 aliphatic rings. The van der Waals surface area contributed by atoms with Gasteiger partial charge in [0.25, 0.3) is 0 Å². The van der Waals surface area contributed by atoms with Crippen molar-refractivity contribution in [1.82, 2.24) is 9.55 Å². The van der Waals surface area contributed by atoms with Crippen molar-refractivity contribution in [3.63, 3.8) is 0 Å². The van der Waals surface area contributed by atoms with Crippen molar-refractivity contribution in [3.05, 3.63) is 198 Å². The Balaban J connectivity index is 0.00000753. The minimum absolute atomic E-state index is 0. The molecule has 0 fully saturated rings. The van der Waals surface area contributed by atoms with E-state index in [1.54, 1.807) is 22.9 Å². The van der Waals surface area contributed by atoms with E-state index in [-0.39, 0.29) is 91.1 Å². The topological polar surface area (TPSA) is 33.5 Å². The second-order valence-electron chi connectivity index (χ2n) is 24.3. The van der Waals surface area contributed by atoms with Crippen LogP contribution in [0, 0.1) is 18.8 Å². The average Bonchev–Trinajstić information content (AvgIpc) is 3.99. The molecule has 3 heterocycles. The minimum atomic E-state index is -0.674. The molecular formula is C68H69N4OPt-3. The molecule has 0 N–H and O–H groups in total. The molecule has 11 rings (SSSR count). The van der Waals surface area contributed by atoms with E-state index < -0.39 is 5.41 Å². The number of hydrogen-bond acceptors (Lipinski definition) is 4. The fraction of sp³-hybridized carbons (Fsp3) is 0.294. The fourth-order valence-corrected chi connectivity index (χ4v) is 10.5. The number of aromatic nitrogens is 2. The van der Waals surface area contributed by atoms with E-state index >= 15 is 0 Å². The molecule has 1 aliphatic carbocycles. The molecule has 2 aromatic heterocycles. The standard InChI is InChI=1S/C68H69N4O.Pt/c1-64(2,3)46-21-18-20-44(36-46)54-38-48(66(7,8)9)39-55(45-28-31-56-57(37-45)68(12,13)34-33-67(56,10)11)63(54)71-43-70(59-26-16-17-27-60(59)71)49-22-19-23-50(41-49)73-51-29-30-53-52-24-14-15-25-58(52)72(61(53)42-51)62-40-47(32-35-69-62)65(4,5)6;/h14-32,35-40,43H,33-34H2,1-13H3;/q-3;/i14D,15D,18D,20D,21D,24D,25D,36D;. The molecule has 0 saturated heterocycles. The number of nitrogens with zero attached hydrogens (tertiary/aromatic N) is 4. The van der Waals surface area contributed by atoms with Crippen LogP contribution in [-0.2, 0) is 48.1 Å². The largest absolute Gasteiger partial charge is 0.509 e. The summed E-state index contributed by atoms with van der Waals surface area (Å²) in [5.74, 6) is 1.20. The Kier molecular flexibility index (Phi) is 10.4. The SMILES string of the molecule is [2H]c1c([2H])c(-c2cc(C(C)(C)C)cc(-c3ccc4c(c3)C(C)(C)CCC4(C)C)c2N2[CH-]N(c3[c-]c(Oc4[c-]c5c(cc4)c4c([2H])c([2H])c([2H])c([2H])c4n5-c4cc(C(C)(C)C)ccn4)ccc3)c3ccccc32)c([2H])c(C(C)(C)C)c1[2H].[Pt]. The predicted octanol–water partition coefficient (Wildman–Crippen LogP) is 18.6. The van der Waals surface area contributed by atoms with Crippen molar-refractivity contribution in [1.29, 1.82) is 0 Å². The van der Waals surface area contributed by atoms with Crippen LogP contribution in [0.1, 0.15) is 142 Å². The van der Waals surface area contributed by atoms with Crippen molar-refractivity contribution in [2.45, 2.75) is 130 Å². The van der Waals surface area contributed by atoms with Crippen LogP contribution in [-0.4, -0.2) is 9.55 Å². The molecule has 1 aliphatic heterocycles. The fourth-order valence-electron chi connectivity index (χ4n) is 10.5. The van der Waals surface area contributed by atoms with Crippen molar-refractivity contribution in [2.75, 3.05) is 9.80 Å². The molecule has 7 aromatic carbocycles. The van der Waals surface area contributed by atoms with Crippen molar-refractivity contribution >= 4 is 44.6 Å². The molecule has 0 spiro atoms. The second-order valence-corrected chi connectivity index (χ2v) is 24.3. The van der Waals surface area contributed by atoms with Gasteiger partial charge in [-0.1, -0.05) is 168 Å². The van der Waals surface area contributed by atoms with E-state index in [0.29, 0.717) is 61.5 Å². The van der Waals surface area contributed by atoms with Crippen LogP contribution in [0.4, 0.5) is 22.7 Å². The summed E-state index contributed by atoms with van der Waals surface area (Å²) in [7, 11) is 0. The molecule has 0 saturated carbocycles. The van der Waals surface area contributed by atoms with Gasteiger partial charge in [-0.2, -0.15) is 12.1 Å². The average molecular weight is 1160 g/mol. The first-order valence-corrected chi connectivity index (χ1v) is 25.5. The number of benzene rings is 7. The maximum Gasteiger partial charge on any atom is 0.135 e. The first-order valence-electron chi connectivity index (χ1n) is 29.5. The minimum Gasteiger partial charge on any atom is -0.509 e. The number of rotatable bonds is 7. The number of pyridine rings is 1. The number of fused-ring (bicyclic) bond motifs is 5. The Morgan fingerprint density at radius 3 is 1.97 bits per heavy atom. The van der Waals surface area contributed by atoms with Gasteiger partial charge in [0.15, 0.2) is 0 Å². The molecule has 9 aromatic rings. The van der Waals surface area contributed by atoms with Crippen molar-refractivity contribution in [2.24, 2.45) is 0 Å². The van der Waals surface area contributed by atoms with E-state index in [1.807, 2.05) is 69.9 Å². The molecule has 0 radical (unpaired) electrons. The summed E-state index contributed by atoms with van der Waals surface area (Å²) >= 11 is 0. The molecule has 0 bridgehead atoms. The Bertz CT molecular complexity index is 4090. The van der Waals surface area contributed by atoms with Crippen LogP contribution in [0.15, 0.2) is 152 Å². The summed E-state index contributed by atoms with van der Waals surface area (Å²) < 4.78 is 82.1. The monoisotopic (exact) mass is 1160 g/mol. The van der Waals surface area contributed by atoms with Gasteiger partial charge in [0, 0.05) is 72.5 Å². The predicted molar refractivity (Wildman–Crippen MR) is 306 cm³/mol. The Labute approximate surface area is 466 Å². The molecule has 380 valence electrons. The van der Waals surface area contributed by atoms with E-state index in [4.69, 9.17) is 16.6 Å². The van der Waals surface area contributed by atoms with E-state index in [9.17, 15) is 4.11 Å². The van der Waals surface area contributed by atoms with Gasteiger partial charge >= 0.3 is 0 Å². The van der Waals surface area contributed by atoms with Gasteiger partial charge in [0.05, 0.1) is 11.0 Å². The van der Waals surface area contributed by atoms with Gasteiger partial charge < -0.3 is 19.1 Å². The zero-order valence-corrected chi connectivity index (χ0v) is 47.1. The third-order valence-electron chi connectivity index (χ3n) is 15.0. The number of hydrogen-bond donors (Lipinski definition) is 0. The summed E-state index contributed by atoms with van der Waals surface area (Å²) in [6, 6.07) is 38.1. The van der Waals surface area contributed by atoms with Crippen molar-refractivity contribution < 1.29 is 36.8 Å². The van der Waals surface area contributed by atoms with Crippen molar-refractivity contribution in [3.8, 4) is 39.6 Å². The normalized spacial score (nSPS) is 16.8. The third-order valence-corrected chi connectivity index (χ3v) is 15.0. The maximum absolute atomic E-state index is 10.0. The summed E-state index contributed by atoms with van der Waals surface area (Å²) in [6.07, 6.45) is 3.82. The quantitative estimate of drug-likeness (QED) is 0.149. The van der Waals surface area contributed by atoms with Gasteiger partial charge in [-0.05, 0) is 127 Å². The first kappa shape index (κ1) is 41.9. The zero-order valence-electron chi connectivity index (χ0n) is 52.8. The molecule has 0 atom stereocenters. The van der Waals surface area contributed by atoms with E-state index in [2.05, 4.69) is 134 Å². The molecule has 0 unspecified atom stereocenters. The first-order chi connectivity index (χ1) is 37.9. The second kappa shape index (κ2) is 18.4. The summed E-state index contributed by atoms with van der Waals surface area (Å²) in [6.45, 7) is 30.1. The molecule has 6 heteroatoms. The van der Waals surface area contributed by atoms with E-state index in [0.717, 1.165) is 52.2 Å². The Hall–Kier alpha value is -6.42. The van der Waals surface area contributed by atoms with Gasteiger partial charge in [-0.15, -0.1) is 48.1 Å². The molecule has 0 amide bonds. The Morgan fingerprint density at radius 2 is 1.26 bits per heavy atom. The van der Waals surface area contributed by atoms with Gasteiger partial charge in [0.1, 0.15) is 5.82 Å². The molecule has 74 heavy (non-hydrogen) atoms. The Morgan fingerprint density at radius 1 is 0.595 bits per heavy atom.